The van der Waals surface area contributed by atoms with Crippen LogP contribution in [0.5, 0.6) is 0 Å². The summed E-state index contributed by atoms with van der Waals surface area (Å²) in [6.45, 7) is 16.1. The predicted molar refractivity (Wildman–Crippen MR) is 292 cm³/mol. The number of nitrogens with zero attached hydrogens (tertiary/aromatic N) is 3. The third-order valence-corrected chi connectivity index (χ3v) is 15.7. The molecule has 0 bridgehead atoms. The van der Waals surface area contributed by atoms with Crippen LogP contribution in [-0.4, -0.2) is 22.6 Å². The summed E-state index contributed by atoms with van der Waals surface area (Å²) >= 11 is 0. The molecule has 71 heavy (non-hydrogen) atoms. The molecule has 1 radical (unpaired) electrons. The molecule has 5 heterocycles. The van der Waals surface area contributed by atoms with E-state index in [1.165, 1.54) is 16.3 Å². The molecule has 0 aliphatic carbocycles. The van der Waals surface area contributed by atoms with E-state index in [1.807, 2.05) is 66.9 Å². The first-order valence-electron chi connectivity index (χ1n) is 24.2. The summed E-state index contributed by atoms with van der Waals surface area (Å²) in [4.78, 5) is 9.98. The zero-order chi connectivity index (χ0) is 47.8. The number of imidazole rings is 1. The van der Waals surface area contributed by atoms with Gasteiger partial charge in [0.25, 0.3) is 0 Å². The first-order valence-corrected chi connectivity index (χ1v) is 27.7. The fraction of sp³-hybridized carbons (Fsp3) is 0.143. The van der Waals surface area contributed by atoms with Crippen molar-refractivity contribution in [1.29, 1.82) is 0 Å². The van der Waals surface area contributed by atoms with E-state index in [-0.39, 0.29) is 31.9 Å². The Morgan fingerprint density at radius 2 is 1.23 bits per heavy atom. The Bertz CT molecular complexity index is 4050. The fourth-order valence-corrected chi connectivity index (χ4v) is 11.0. The van der Waals surface area contributed by atoms with Crippen LogP contribution in [0.1, 0.15) is 50.7 Å². The van der Waals surface area contributed by atoms with E-state index < -0.39 is 8.07 Å². The van der Waals surface area contributed by atoms with E-state index in [1.54, 1.807) is 0 Å². The van der Waals surface area contributed by atoms with Crippen LogP contribution in [0, 0.1) is 12.1 Å². The normalized spacial score (nSPS) is 12.0. The van der Waals surface area contributed by atoms with Gasteiger partial charge in [-0.05, 0) is 87.8 Å². The maximum Gasteiger partial charge on any atom is 0.136 e. The molecule has 351 valence electrons. The van der Waals surface area contributed by atoms with Gasteiger partial charge in [0, 0.05) is 64.5 Å². The number of hydrogen-bond donors (Lipinski definition) is 0. The number of benzene rings is 8. The molecule has 0 atom stereocenters. The van der Waals surface area contributed by atoms with Gasteiger partial charge in [-0.15, -0.1) is 54.1 Å². The summed E-state index contributed by atoms with van der Waals surface area (Å²) < 4.78 is 22.0. The Kier molecular flexibility index (Phi) is 11.7. The number of para-hydroxylation sites is 2. The summed E-state index contributed by atoms with van der Waals surface area (Å²) in [7, 11) is -1.23. The van der Waals surface area contributed by atoms with E-state index in [0.29, 0.717) is 0 Å². The summed E-state index contributed by atoms with van der Waals surface area (Å²) in [6, 6.07) is 63.4. The molecule has 0 N–H and O–H groups in total. The number of aromatic nitrogens is 3. The van der Waals surface area contributed by atoms with Crippen molar-refractivity contribution in [2.75, 3.05) is 0 Å². The third kappa shape index (κ3) is 8.10. The molecule has 0 aliphatic rings. The van der Waals surface area contributed by atoms with Crippen LogP contribution in [-0.2, 0) is 20.1 Å². The molecule has 13 aromatic rings. The van der Waals surface area contributed by atoms with Gasteiger partial charge in [-0.1, -0.05) is 137 Å². The van der Waals surface area contributed by atoms with Crippen LogP contribution in [0.4, 0.5) is 0 Å². The van der Waals surface area contributed by atoms with Gasteiger partial charge in [0.05, 0.1) is 30.5 Å². The number of furan rings is 3. The van der Waals surface area contributed by atoms with Gasteiger partial charge in [-0.3, -0.25) is 4.98 Å². The molecule has 8 aromatic carbocycles. The number of fused-ring (bicyclic) bond motifs is 10. The fourth-order valence-electron chi connectivity index (χ4n) is 9.98. The Hall–Kier alpha value is -7.35. The number of pyridine rings is 1. The van der Waals surface area contributed by atoms with E-state index >= 15 is 0 Å². The van der Waals surface area contributed by atoms with Crippen LogP contribution in [0.15, 0.2) is 183 Å². The second-order valence-corrected chi connectivity index (χ2v) is 25.1. The smallest absolute Gasteiger partial charge is 0.136 e. The van der Waals surface area contributed by atoms with Crippen molar-refractivity contribution >= 4 is 89.9 Å². The molecule has 13 rings (SSSR count). The average molecular weight is 1120 g/mol. The zero-order valence-electron chi connectivity index (χ0n) is 40.7. The molecule has 8 heteroatoms. The molecule has 0 aliphatic heterocycles. The van der Waals surface area contributed by atoms with Crippen molar-refractivity contribution in [1.82, 2.24) is 14.5 Å². The quantitative estimate of drug-likeness (QED) is 0.117. The first kappa shape index (κ1) is 46.1. The van der Waals surface area contributed by atoms with E-state index in [2.05, 4.69) is 172 Å². The largest absolute Gasteiger partial charge is 0.501 e. The number of rotatable bonds is 7. The molecular weight excluding hydrogens is 1070 g/mol. The summed E-state index contributed by atoms with van der Waals surface area (Å²) in [5.74, 6) is 2.05. The van der Waals surface area contributed by atoms with Gasteiger partial charge >= 0.3 is 0 Å². The van der Waals surface area contributed by atoms with Crippen molar-refractivity contribution in [2.24, 2.45) is 0 Å². The van der Waals surface area contributed by atoms with Crippen LogP contribution in [0.25, 0.3) is 116 Å². The zero-order valence-corrected chi connectivity index (χ0v) is 44.1. The van der Waals surface area contributed by atoms with Crippen molar-refractivity contribution in [3.8, 4) is 39.7 Å². The second-order valence-electron chi connectivity index (χ2n) is 20.0. The van der Waals surface area contributed by atoms with Crippen LogP contribution < -0.4 is 5.19 Å². The molecule has 6 nitrogen and oxygen atoms in total. The van der Waals surface area contributed by atoms with Gasteiger partial charge < -0.3 is 22.8 Å². The minimum Gasteiger partial charge on any atom is -0.501 e. The molecule has 0 unspecified atom stereocenters. The molecule has 0 fully saturated rings. The van der Waals surface area contributed by atoms with Crippen molar-refractivity contribution in [2.45, 2.75) is 59.2 Å². The monoisotopic (exact) mass is 1120 g/mol. The van der Waals surface area contributed by atoms with Crippen LogP contribution in [0.3, 0.4) is 0 Å². The maximum absolute atomic E-state index is 6.86. The molecule has 0 saturated carbocycles. The molecule has 0 saturated heterocycles. The molecule has 0 spiro atoms. The SMILES string of the molecule is CC(C)c1cc(-c2cc3ccccc3o2)cc(C(C)C)c1-n1c(-c2[c-]ccc3c2oc2cc4c(cc23)oc2ccccc24)nc2ccc3ccccc3c21.C[Si](C)(C)c1ccc(-c2[c-]cccc2)nc1.[Ir]. The Morgan fingerprint density at radius 3 is 1.92 bits per heavy atom. The Balaban J connectivity index is 0.000000275. The van der Waals surface area contributed by atoms with Crippen molar-refractivity contribution < 1.29 is 33.4 Å². The second kappa shape index (κ2) is 18.1. The maximum atomic E-state index is 6.86. The molecular formula is C63H51IrN3O3Si-2. The van der Waals surface area contributed by atoms with Gasteiger partial charge in [-0.2, -0.15) is 0 Å². The van der Waals surface area contributed by atoms with Crippen LogP contribution in [0.2, 0.25) is 19.6 Å². The Labute approximate surface area is 427 Å². The van der Waals surface area contributed by atoms with E-state index in [0.717, 1.165) is 116 Å². The number of hydrogen-bond acceptors (Lipinski definition) is 5. The first-order chi connectivity index (χ1) is 34.0. The van der Waals surface area contributed by atoms with Gasteiger partial charge in [0.15, 0.2) is 0 Å². The Morgan fingerprint density at radius 1 is 0.549 bits per heavy atom. The minimum atomic E-state index is -1.23. The standard InChI is InChI=1S/C49H35N2O3.C14H16NSi.Ir/c1-27(2)36-22-31(43-24-30-13-6-9-18-41(30)52-43)23-37(28(3)4)46(36)51-47-32-14-7-5-12-29(32)20-21-40(47)50-49(51)35-17-11-16-34-39-26-44-38(25-45(39)54-48(34)35)33-15-8-10-19-42(33)53-44;1-16(2,3)13-9-10-14(15-11-13)12-7-5-4-6-8-12;/h5-16,18-28H,1-4H3;4-7,9-11H,1-3H3;/q2*-1;. The topological polar surface area (TPSA) is 70.1 Å². The van der Waals surface area contributed by atoms with E-state index in [9.17, 15) is 0 Å². The van der Waals surface area contributed by atoms with Gasteiger partial charge in [0.2, 0.25) is 0 Å². The summed E-state index contributed by atoms with van der Waals surface area (Å²) in [6.07, 6.45) is 2.02. The van der Waals surface area contributed by atoms with Gasteiger partial charge in [0.1, 0.15) is 28.1 Å². The van der Waals surface area contributed by atoms with E-state index in [4.69, 9.17) is 18.2 Å². The van der Waals surface area contributed by atoms with Crippen LogP contribution >= 0.6 is 0 Å². The molecule has 0 amide bonds. The van der Waals surface area contributed by atoms with Gasteiger partial charge in [-0.25, -0.2) is 0 Å². The predicted octanol–water partition coefficient (Wildman–Crippen LogP) is 17.2. The summed E-state index contributed by atoms with van der Waals surface area (Å²) in [5, 5.41) is 8.90. The minimum absolute atomic E-state index is 0. The van der Waals surface area contributed by atoms with Crippen molar-refractivity contribution in [3.63, 3.8) is 0 Å². The van der Waals surface area contributed by atoms with Crippen molar-refractivity contribution in [3.05, 3.63) is 193 Å². The molecule has 5 aromatic heterocycles. The third-order valence-electron chi connectivity index (χ3n) is 13.7. The average Bonchev–Trinajstić information content (AvgIpc) is 4.17. The summed E-state index contributed by atoms with van der Waals surface area (Å²) in [5.41, 5.74) is 13.7.